The lowest BCUT2D eigenvalue weighted by molar-refractivity contribution is 0.283. The van der Waals surface area contributed by atoms with E-state index in [1.54, 1.807) is 0 Å². The van der Waals surface area contributed by atoms with Crippen LogP contribution in [0.15, 0.2) is 22.8 Å². The first-order valence-electron chi connectivity index (χ1n) is 5.18. The van der Waals surface area contributed by atoms with Crippen molar-refractivity contribution in [2.45, 2.75) is 19.3 Å². The van der Waals surface area contributed by atoms with Crippen molar-refractivity contribution in [3.8, 4) is 0 Å². The Balaban J connectivity index is 2.36. The number of unbranched alkanes of at least 4 members (excludes halogenated alkanes) is 2. The van der Waals surface area contributed by atoms with Gasteiger partial charge in [-0.3, -0.25) is 0 Å². The summed E-state index contributed by atoms with van der Waals surface area (Å²) in [7, 11) is 2.04. The third-order valence-electron chi connectivity index (χ3n) is 2.24. The number of hydrogen-bond acceptors (Lipinski definition) is 3. The van der Waals surface area contributed by atoms with E-state index >= 15 is 0 Å². The van der Waals surface area contributed by atoms with E-state index in [4.69, 9.17) is 5.11 Å². The highest BCUT2D eigenvalue weighted by Crippen LogP contribution is 2.14. The largest absolute Gasteiger partial charge is 0.396 e. The summed E-state index contributed by atoms with van der Waals surface area (Å²) in [5.74, 6) is 0.980. The Kier molecular flexibility index (Phi) is 5.65. The van der Waals surface area contributed by atoms with Crippen LogP contribution in [0.25, 0.3) is 0 Å². The Morgan fingerprint density at radius 2 is 2.13 bits per heavy atom. The van der Waals surface area contributed by atoms with Crippen molar-refractivity contribution < 1.29 is 5.11 Å². The van der Waals surface area contributed by atoms with Gasteiger partial charge in [-0.1, -0.05) is 6.07 Å². The van der Waals surface area contributed by atoms with E-state index in [0.29, 0.717) is 6.61 Å². The van der Waals surface area contributed by atoms with Gasteiger partial charge in [-0.05, 0) is 47.3 Å². The molecule has 0 spiro atoms. The van der Waals surface area contributed by atoms with Gasteiger partial charge in [0.05, 0.1) is 0 Å². The van der Waals surface area contributed by atoms with Gasteiger partial charge in [0.2, 0.25) is 0 Å². The molecule has 1 aromatic rings. The third-order valence-corrected chi connectivity index (χ3v) is 2.68. The van der Waals surface area contributed by atoms with E-state index in [0.717, 1.165) is 36.2 Å². The molecule has 0 amide bonds. The molecule has 1 rings (SSSR count). The molecule has 0 aliphatic carbocycles. The van der Waals surface area contributed by atoms with Gasteiger partial charge in [0.1, 0.15) is 10.4 Å². The molecule has 0 aliphatic rings. The highest BCUT2D eigenvalue weighted by atomic mass is 79.9. The number of halogens is 1. The smallest absolute Gasteiger partial charge is 0.129 e. The molecular weight excluding hydrogens is 256 g/mol. The molecule has 0 radical (unpaired) electrons. The summed E-state index contributed by atoms with van der Waals surface area (Å²) in [5.41, 5.74) is 0. The van der Waals surface area contributed by atoms with Crippen LogP contribution in [0.3, 0.4) is 0 Å². The maximum atomic E-state index is 8.65. The van der Waals surface area contributed by atoms with Crippen LogP contribution in [-0.2, 0) is 0 Å². The van der Waals surface area contributed by atoms with Crippen molar-refractivity contribution in [1.29, 1.82) is 0 Å². The van der Waals surface area contributed by atoms with Crippen molar-refractivity contribution in [3.63, 3.8) is 0 Å². The SMILES string of the molecule is CN(CCCCCO)c1cccc(Br)n1. The Bertz CT molecular complexity index is 294. The molecule has 4 heteroatoms. The normalized spacial score (nSPS) is 10.3. The van der Waals surface area contributed by atoms with Crippen LogP contribution in [0.4, 0.5) is 5.82 Å². The molecule has 3 nitrogen and oxygen atoms in total. The van der Waals surface area contributed by atoms with E-state index in [9.17, 15) is 0 Å². The second kappa shape index (κ2) is 6.80. The van der Waals surface area contributed by atoms with Crippen LogP contribution in [0.2, 0.25) is 0 Å². The van der Waals surface area contributed by atoms with Crippen LogP contribution in [-0.4, -0.2) is 30.3 Å². The molecular formula is C11H17BrN2O. The van der Waals surface area contributed by atoms with Gasteiger partial charge in [0.25, 0.3) is 0 Å². The van der Waals surface area contributed by atoms with E-state index < -0.39 is 0 Å². The average molecular weight is 273 g/mol. The first-order valence-corrected chi connectivity index (χ1v) is 5.98. The standard InChI is InChI=1S/C11H17BrN2O/c1-14(8-3-2-4-9-15)11-7-5-6-10(12)13-11/h5-7,15H,2-4,8-9H2,1H3. The molecule has 0 aliphatic heterocycles. The first-order chi connectivity index (χ1) is 7.24. The quantitative estimate of drug-likeness (QED) is 0.639. The van der Waals surface area contributed by atoms with Crippen LogP contribution < -0.4 is 4.90 Å². The van der Waals surface area contributed by atoms with Crippen molar-refractivity contribution in [2.75, 3.05) is 25.1 Å². The van der Waals surface area contributed by atoms with Crippen molar-refractivity contribution in [2.24, 2.45) is 0 Å². The fraction of sp³-hybridized carbons (Fsp3) is 0.545. The predicted octanol–water partition coefficient (Wildman–Crippen LogP) is 2.44. The second-order valence-electron chi connectivity index (χ2n) is 3.52. The zero-order valence-corrected chi connectivity index (χ0v) is 10.6. The topological polar surface area (TPSA) is 36.4 Å². The maximum absolute atomic E-state index is 8.65. The first kappa shape index (κ1) is 12.5. The van der Waals surface area contributed by atoms with Gasteiger partial charge >= 0.3 is 0 Å². The molecule has 15 heavy (non-hydrogen) atoms. The highest BCUT2D eigenvalue weighted by molar-refractivity contribution is 9.10. The zero-order chi connectivity index (χ0) is 11.1. The minimum atomic E-state index is 0.291. The Morgan fingerprint density at radius 3 is 2.80 bits per heavy atom. The Labute approximate surface area is 99.3 Å². The minimum absolute atomic E-state index is 0.291. The van der Waals surface area contributed by atoms with Gasteiger partial charge in [0.15, 0.2) is 0 Å². The molecule has 0 unspecified atom stereocenters. The summed E-state index contributed by atoms with van der Waals surface area (Å²) in [6.45, 7) is 1.27. The van der Waals surface area contributed by atoms with Gasteiger partial charge in [-0.2, -0.15) is 0 Å². The van der Waals surface area contributed by atoms with Crippen LogP contribution >= 0.6 is 15.9 Å². The molecule has 84 valence electrons. The van der Waals surface area contributed by atoms with Crippen molar-refractivity contribution >= 4 is 21.7 Å². The lowest BCUT2D eigenvalue weighted by Gasteiger charge is -2.17. The van der Waals surface area contributed by atoms with E-state index in [1.165, 1.54) is 0 Å². The summed E-state index contributed by atoms with van der Waals surface area (Å²) in [6.07, 6.45) is 3.04. The van der Waals surface area contributed by atoms with Gasteiger partial charge < -0.3 is 10.0 Å². The molecule has 0 aromatic carbocycles. The number of pyridine rings is 1. The summed E-state index contributed by atoms with van der Waals surface area (Å²) in [5, 5.41) is 8.65. The predicted molar refractivity (Wildman–Crippen MR) is 66.1 cm³/mol. The molecule has 1 heterocycles. The number of hydrogen-bond donors (Lipinski definition) is 1. The highest BCUT2D eigenvalue weighted by Gasteiger charge is 2.01. The molecule has 0 fully saturated rings. The maximum Gasteiger partial charge on any atom is 0.129 e. The van der Waals surface area contributed by atoms with E-state index in [2.05, 4.69) is 25.8 Å². The zero-order valence-electron chi connectivity index (χ0n) is 8.99. The third kappa shape index (κ3) is 4.62. The van der Waals surface area contributed by atoms with Crippen molar-refractivity contribution in [3.05, 3.63) is 22.8 Å². The summed E-state index contributed by atoms with van der Waals surface area (Å²) in [4.78, 5) is 6.49. The molecule has 1 N–H and O–H groups in total. The molecule has 0 atom stereocenters. The summed E-state index contributed by atoms with van der Waals surface area (Å²) < 4.78 is 0.863. The molecule has 1 aromatic heterocycles. The number of rotatable bonds is 6. The Morgan fingerprint density at radius 1 is 1.33 bits per heavy atom. The lowest BCUT2D eigenvalue weighted by Crippen LogP contribution is -2.19. The summed E-state index contributed by atoms with van der Waals surface area (Å²) >= 11 is 3.35. The Hall–Kier alpha value is -0.610. The van der Waals surface area contributed by atoms with E-state index in [-0.39, 0.29) is 0 Å². The molecule has 0 bridgehead atoms. The number of aliphatic hydroxyl groups excluding tert-OH is 1. The molecule has 0 saturated heterocycles. The van der Waals surface area contributed by atoms with Crippen LogP contribution in [0.5, 0.6) is 0 Å². The van der Waals surface area contributed by atoms with Gasteiger partial charge in [-0.15, -0.1) is 0 Å². The molecule has 0 saturated carbocycles. The fourth-order valence-electron chi connectivity index (χ4n) is 1.36. The lowest BCUT2D eigenvalue weighted by atomic mass is 10.2. The van der Waals surface area contributed by atoms with E-state index in [1.807, 2.05) is 25.2 Å². The monoisotopic (exact) mass is 272 g/mol. The number of aromatic nitrogens is 1. The summed E-state index contributed by atoms with van der Waals surface area (Å²) in [6, 6.07) is 5.90. The van der Waals surface area contributed by atoms with Crippen LogP contribution in [0.1, 0.15) is 19.3 Å². The average Bonchev–Trinajstić information content (AvgIpc) is 2.24. The van der Waals surface area contributed by atoms with Crippen LogP contribution in [0, 0.1) is 0 Å². The number of aliphatic hydroxyl groups is 1. The van der Waals surface area contributed by atoms with Gasteiger partial charge in [0, 0.05) is 20.2 Å². The number of anilines is 1. The minimum Gasteiger partial charge on any atom is -0.396 e. The fourth-order valence-corrected chi connectivity index (χ4v) is 1.70. The van der Waals surface area contributed by atoms with Crippen molar-refractivity contribution in [1.82, 2.24) is 4.98 Å². The second-order valence-corrected chi connectivity index (χ2v) is 4.34. The van der Waals surface area contributed by atoms with Gasteiger partial charge in [-0.25, -0.2) is 4.98 Å². The number of nitrogens with zero attached hydrogens (tertiary/aromatic N) is 2.